The van der Waals surface area contributed by atoms with Crippen molar-refractivity contribution >= 4 is 11.3 Å². The lowest BCUT2D eigenvalue weighted by Crippen LogP contribution is -2.22. The Hall–Kier alpha value is -1.12. The first kappa shape index (κ1) is 13.3. The average Bonchev–Trinajstić information content (AvgIpc) is 2.93. The van der Waals surface area contributed by atoms with Gasteiger partial charge in [0.15, 0.2) is 0 Å². The largest absolute Gasteiger partial charge is 0.309 e. The summed E-state index contributed by atoms with van der Waals surface area (Å²) in [4.78, 5) is 1.43. The molecular formula is C16H21NS. The molecule has 0 fully saturated rings. The number of hydrogen-bond donors (Lipinski definition) is 1. The van der Waals surface area contributed by atoms with Gasteiger partial charge in [-0.2, -0.15) is 0 Å². The van der Waals surface area contributed by atoms with Gasteiger partial charge in [-0.1, -0.05) is 44.2 Å². The van der Waals surface area contributed by atoms with E-state index in [9.17, 15) is 0 Å². The SMILES string of the molecule is CCNC(Cc1ccc(CC)cc1)c1cccs1. The third-order valence-electron chi connectivity index (χ3n) is 3.21. The zero-order chi connectivity index (χ0) is 12.8. The average molecular weight is 259 g/mol. The smallest absolute Gasteiger partial charge is 0.0455 e. The molecule has 1 N–H and O–H groups in total. The number of benzene rings is 1. The van der Waals surface area contributed by atoms with Crippen LogP contribution >= 0.6 is 11.3 Å². The molecule has 96 valence electrons. The van der Waals surface area contributed by atoms with Crippen LogP contribution in [0.25, 0.3) is 0 Å². The maximum absolute atomic E-state index is 3.57. The third-order valence-corrected chi connectivity index (χ3v) is 4.19. The van der Waals surface area contributed by atoms with Crippen molar-refractivity contribution in [2.75, 3.05) is 6.54 Å². The molecule has 1 aromatic carbocycles. The standard InChI is InChI=1S/C16H21NS/c1-3-13-7-9-14(10-8-13)12-15(17-4-2)16-6-5-11-18-16/h5-11,15,17H,3-4,12H2,1-2H3. The predicted octanol–water partition coefficient (Wildman–Crippen LogP) is 4.20. The number of nitrogens with one attached hydrogen (secondary N) is 1. The molecule has 0 bridgehead atoms. The van der Waals surface area contributed by atoms with Crippen molar-refractivity contribution in [3.8, 4) is 0 Å². The van der Waals surface area contributed by atoms with Crippen molar-refractivity contribution < 1.29 is 0 Å². The maximum Gasteiger partial charge on any atom is 0.0455 e. The highest BCUT2D eigenvalue weighted by molar-refractivity contribution is 7.10. The minimum Gasteiger partial charge on any atom is -0.309 e. The molecule has 1 aromatic heterocycles. The van der Waals surface area contributed by atoms with E-state index < -0.39 is 0 Å². The maximum atomic E-state index is 3.57. The zero-order valence-electron chi connectivity index (χ0n) is 11.1. The topological polar surface area (TPSA) is 12.0 Å². The first-order valence-electron chi connectivity index (χ1n) is 6.68. The Kier molecular flexibility index (Phi) is 4.97. The predicted molar refractivity (Wildman–Crippen MR) is 80.3 cm³/mol. The van der Waals surface area contributed by atoms with E-state index in [1.54, 1.807) is 0 Å². The number of thiophene rings is 1. The van der Waals surface area contributed by atoms with Crippen molar-refractivity contribution in [1.29, 1.82) is 0 Å². The number of likely N-dealkylation sites (N-methyl/N-ethyl adjacent to an activating group) is 1. The summed E-state index contributed by atoms with van der Waals surface area (Å²) in [5, 5.41) is 5.73. The van der Waals surface area contributed by atoms with Gasteiger partial charge in [0.1, 0.15) is 0 Å². The van der Waals surface area contributed by atoms with Crippen molar-refractivity contribution in [3.63, 3.8) is 0 Å². The molecule has 0 aliphatic carbocycles. The van der Waals surface area contributed by atoms with Crippen molar-refractivity contribution in [2.24, 2.45) is 0 Å². The molecular weight excluding hydrogens is 238 g/mol. The highest BCUT2D eigenvalue weighted by Gasteiger charge is 2.11. The minimum atomic E-state index is 0.447. The zero-order valence-corrected chi connectivity index (χ0v) is 12.0. The van der Waals surface area contributed by atoms with Gasteiger partial charge < -0.3 is 5.32 Å². The molecule has 0 saturated carbocycles. The van der Waals surface area contributed by atoms with Crippen LogP contribution in [0.1, 0.15) is 35.9 Å². The van der Waals surface area contributed by atoms with E-state index in [0.29, 0.717) is 6.04 Å². The van der Waals surface area contributed by atoms with E-state index in [-0.39, 0.29) is 0 Å². The van der Waals surface area contributed by atoms with E-state index in [0.717, 1.165) is 19.4 Å². The van der Waals surface area contributed by atoms with Crippen LogP contribution in [-0.4, -0.2) is 6.54 Å². The van der Waals surface area contributed by atoms with Crippen molar-refractivity contribution in [2.45, 2.75) is 32.7 Å². The Morgan fingerprint density at radius 3 is 2.33 bits per heavy atom. The van der Waals surface area contributed by atoms with Crippen LogP contribution in [0.15, 0.2) is 41.8 Å². The molecule has 0 radical (unpaired) electrons. The molecule has 1 atom stereocenters. The second-order valence-corrected chi connectivity index (χ2v) is 5.48. The van der Waals surface area contributed by atoms with E-state index in [1.807, 2.05) is 11.3 Å². The lowest BCUT2D eigenvalue weighted by Gasteiger charge is -2.16. The number of rotatable bonds is 6. The Morgan fingerprint density at radius 2 is 1.78 bits per heavy atom. The summed E-state index contributed by atoms with van der Waals surface area (Å²) in [6.45, 7) is 5.37. The van der Waals surface area contributed by atoms with Gasteiger partial charge in [0.2, 0.25) is 0 Å². The van der Waals surface area contributed by atoms with E-state index in [1.165, 1.54) is 16.0 Å². The first-order valence-corrected chi connectivity index (χ1v) is 7.56. The summed E-state index contributed by atoms with van der Waals surface area (Å²) in [7, 11) is 0. The van der Waals surface area contributed by atoms with Gasteiger partial charge in [-0.15, -0.1) is 11.3 Å². The van der Waals surface area contributed by atoms with Gasteiger partial charge in [0, 0.05) is 10.9 Å². The molecule has 1 nitrogen and oxygen atoms in total. The molecule has 2 rings (SSSR count). The van der Waals surface area contributed by atoms with E-state index >= 15 is 0 Å². The quantitative estimate of drug-likeness (QED) is 0.819. The van der Waals surface area contributed by atoms with Gasteiger partial charge in [0.25, 0.3) is 0 Å². The fraction of sp³-hybridized carbons (Fsp3) is 0.375. The van der Waals surface area contributed by atoms with Crippen LogP contribution in [0.5, 0.6) is 0 Å². The Bertz CT molecular complexity index is 444. The molecule has 0 saturated heterocycles. The van der Waals surface area contributed by atoms with Crippen LogP contribution in [-0.2, 0) is 12.8 Å². The summed E-state index contributed by atoms with van der Waals surface area (Å²) in [5.41, 5.74) is 2.82. The van der Waals surface area contributed by atoms with Crippen LogP contribution in [0, 0.1) is 0 Å². The number of hydrogen-bond acceptors (Lipinski definition) is 2. The monoisotopic (exact) mass is 259 g/mol. The summed E-state index contributed by atoms with van der Waals surface area (Å²) in [6.07, 6.45) is 2.18. The lowest BCUT2D eigenvalue weighted by molar-refractivity contribution is 0.558. The Balaban J connectivity index is 2.08. The van der Waals surface area contributed by atoms with Crippen molar-refractivity contribution in [1.82, 2.24) is 5.32 Å². The van der Waals surface area contributed by atoms with Crippen LogP contribution < -0.4 is 5.32 Å². The molecule has 18 heavy (non-hydrogen) atoms. The van der Waals surface area contributed by atoms with Gasteiger partial charge in [0.05, 0.1) is 0 Å². The summed E-state index contributed by atoms with van der Waals surface area (Å²) in [6, 6.07) is 13.8. The number of aryl methyl sites for hydroxylation is 1. The van der Waals surface area contributed by atoms with Crippen LogP contribution in [0.2, 0.25) is 0 Å². The van der Waals surface area contributed by atoms with Gasteiger partial charge in [-0.3, -0.25) is 0 Å². The summed E-state index contributed by atoms with van der Waals surface area (Å²) >= 11 is 1.84. The Morgan fingerprint density at radius 1 is 1.06 bits per heavy atom. The molecule has 0 aliphatic rings. The molecule has 1 heterocycles. The molecule has 1 unspecified atom stereocenters. The minimum absolute atomic E-state index is 0.447. The van der Waals surface area contributed by atoms with Crippen molar-refractivity contribution in [3.05, 3.63) is 57.8 Å². The molecule has 0 aliphatic heterocycles. The first-order chi connectivity index (χ1) is 8.83. The summed E-state index contributed by atoms with van der Waals surface area (Å²) < 4.78 is 0. The lowest BCUT2D eigenvalue weighted by atomic mass is 10.0. The molecule has 2 aromatic rings. The highest BCUT2D eigenvalue weighted by atomic mass is 32.1. The van der Waals surface area contributed by atoms with Gasteiger partial charge >= 0.3 is 0 Å². The molecule has 0 amide bonds. The normalized spacial score (nSPS) is 12.6. The Labute approximate surface area is 114 Å². The fourth-order valence-corrected chi connectivity index (χ4v) is 2.96. The fourth-order valence-electron chi connectivity index (χ4n) is 2.16. The highest BCUT2D eigenvalue weighted by Crippen LogP contribution is 2.23. The van der Waals surface area contributed by atoms with Crippen LogP contribution in [0.4, 0.5) is 0 Å². The van der Waals surface area contributed by atoms with Crippen LogP contribution in [0.3, 0.4) is 0 Å². The summed E-state index contributed by atoms with van der Waals surface area (Å²) in [5.74, 6) is 0. The second-order valence-electron chi connectivity index (χ2n) is 4.50. The van der Waals surface area contributed by atoms with E-state index in [4.69, 9.17) is 0 Å². The molecule has 2 heteroatoms. The van der Waals surface area contributed by atoms with E-state index in [2.05, 4.69) is 60.9 Å². The van der Waals surface area contributed by atoms with Gasteiger partial charge in [-0.25, -0.2) is 0 Å². The second kappa shape index (κ2) is 6.72. The van der Waals surface area contributed by atoms with Gasteiger partial charge in [-0.05, 0) is 42.0 Å². The molecule has 0 spiro atoms. The third kappa shape index (κ3) is 3.44.